The van der Waals surface area contributed by atoms with Crippen molar-refractivity contribution in [3.8, 4) is 11.9 Å². The highest BCUT2D eigenvalue weighted by atomic mass is 35.5. The van der Waals surface area contributed by atoms with E-state index in [4.69, 9.17) is 16.3 Å². The van der Waals surface area contributed by atoms with Crippen LogP contribution in [-0.4, -0.2) is 25.9 Å². The van der Waals surface area contributed by atoms with E-state index in [1.165, 1.54) is 18.5 Å². The molecule has 0 unspecified atom stereocenters. The van der Waals surface area contributed by atoms with E-state index >= 15 is 0 Å². The third-order valence-corrected chi connectivity index (χ3v) is 2.18. The van der Waals surface area contributed by atoms with Crippen molar-refractivity contribution >= 4 is 11.6 Å². The number of hydrogen-bond acceptors (Lipinski definition) is 4. The lowest BCUT2D eigenvalue weighted by molar-refractivity contribution is -0.143. The molecule has 0 aromatic carbocycles. The number of hydrogen-bond donors (Lipinski definition) is 0. The van der Waals surface area contributed by atoms with Crippen molar-refractivity contribution < 1.29 is 17.9 Å². The van der Waals surface area contributed by atoms with Crippen LogP contribution in [0.3, 0.4) is 0 Å². The summed E-state index contributed by atoms with van der Waals surface area (Å²) in [6.45, 7) is 0.312. The van der Waals surface area contributed by atoms with E-state index in [1.807, 2.05) is 0 Å². The van der Waals surface area contributed by atoms with Crippen molar-refractivity contribution in [1.29, 1.82) is 0 Å². The van der Waals surface area contributed by atoms with Gasteiger partial charge in [0.1, 0.15) is 6.54 Å². The molecule has 9 heteroatoms. The van der Waals surface area contributed by atoms with Gasteiger partial charge in [0.05, 0.1) is 23.1 Å². The van der Waals surface area contributed by atoms with Gasteiger partial charge in [-0.25, -0.2) is 14.6 Å². The number of rotatable bonds is 3. The Morgan fingerprint density at radius 1 is 1.32 bits per heavy atom. The van der Waals surface area contributed by atoms with Gasteiger partial charge in [-0.3, -0.25) is 0 Å². The second-order valence-electron chi connectivity index (χ2n) is 3.68. The van der Waals surface area contributed by atoms with Gasteiger partial charge in [0.25, 0.3) is 0 Å². The minimum Gasteiger partial charge on any atom is -0.405 e. The molecular weight excluding hydrogens is 285 g/mol. The molecule has 102 valence electrons. The van der Waals surface area contributed by atoms with Crippen molar-refractivity contribution in [1.82, 2.24) is 19.7 Å². The van der Waals surface area contributed by atoms with Crippen LogP contribution in [0, 0.1) is 6.92 Å². The maximum absolute atomic E-state index is 12.4. The van der Waals surface area contributed by atoms with E-state index in [9.17, 15) is 13.2 Å². The molecule has 0 saturated carbocycles. The first-order valence-electron chi connectivity index (χ1n) is 5.10. The number of halogens is 4. The number of aryl methyl sites for hydroxylation is 1. The molecule has 2 heterocycles. The van der Waals surface area contributed by atoms with Gasteiger partial charge >= 0.3 is 12.2 Å². The first kappa shape index (κ1) is 13.6. The molecule has 0 fully saturated rings. The molecule has 0 radical (unpaired) electrons. The lowest BCUT2D eigenvalue weighted by atomic mass is 10.5. The smallest absolute Gasteiger partial charge is 0.405 e. The van der Waals surface area contributed by atoms with Crippen LogP contribution < -0.4 is 4.74 Å². The average molecular weight is 293 g/mol. The summed E-state index contributed by atoms with van der Waals surface area (Å²) in [7, 11) is 0. The number of ether oxygens (including phenoxy) is 1. The van der Waals surface area contributed by atoms with E-state index in [1.54, 1.807) is 6.92 Å². The number of alkyl halides is 3. The lowest BCUT2D eigenvalue weighted by Crippen LogP contribution is -2.19. The Hall–Kier alpha value is -1.83. The van der Waals surface area contributed by atoms with Gasteiger partial charge in [-0.15, -0.1) is 0 Å². The SMILES string of the molecule is Cc1cc(Oc2ncc(Cl)cn2)n(CC(F)(F)F)n1. The van der Waals surface area contributed by atoms with Gasteiger partial charge < -0.3 is 4.74 Å². The van der Waals surface area contributed by atoms with Crippen LogP contribution in [0.1, 0.15) is 5.69 Å². The van der Waals surface area contributed by atoms with Gasteiger partial charge in [0.15, 0.2) is 0 Å². The normalized spacial score (nSPS) is 11.6. The van der Waals surface area contributed by atoms with Gasteiger partial charge in [-0.1, -0.05) is 11.6 Å². The van der Waals surface area contributed by atoms with Crippen LogP contribution in [-0.2, 0) is 6.54 Å². The zero-order valence-electron chi connectivity index (χ0n) is 9.65. The van der Waals surface area contributed by atoms with E-state index in [2.05, 4.69) is 15.1 Å². The number of nitrogens with zero attached hydrogens (tertiary/aromatic N) is 4. The Morgan fingerprint density at radius 2 is 1.95 bits per heavy atom. The number of aromatic nitrogens is 4. The summed E-state index contributed by atoms with van der Waals surface area (Å²) in [5.41, 5.74) is 0.396. The van der Waals surface area contributed by atoms with Crippen LogP contribution >= 0.6 is 11.6 Å². The summed E-state index contributed by atoms with van der Waals surface area (Å²) in [5, 5.41) is 4.00. The predicted octanol–water partition coefficient (Wildman–Crippen LogP) is 2.99. The van der Waals surface area contributed by atoms with Gasteiger partial charge in [0.2, 0.25) is 5.88 Å². The molecule has 0 saturated heterocycles. The Morgan fingerprint density at radius 3 is 2.53 bits per heavy atom. The summed E-state index contributed by atoms with van der Waals surface area (Å²) in [6, 6.07) is 1.26. The molecule has 0 aliphatic carbocycles. The molecule has 2 rings (SSSR count). The predicted molar refractivity (Wildman–Crippen MR) is 60.1 cm³/mol. The lowest BCUT2D eigenvalue weighted by Gasteiger charge is -2.09. The summed E-state index contributed by atoms with van der Waals surface area (Å²) >= 11 is 5.59. The zero-order valence-corrected chi connectivity index (χ0v) is 10.4. The van der Waals surface area contributed by atoms with E-state index in [0.29, 0.717) is 15.4 Å². The molecule has 5 nitrogen and oxygen atoms in total. The van der Waals surface area contributed by atoms with Crippen molar-refractivity contribution in [2.24, 2.45) is 0 Å². The van der Waals surface area contributed by atoms with Crippen LogP contribution in [0.25, 0.3) is 0 Å². The first-order chi connectivity index (χ1) is 8.83. The van der Waals surface area contributed by atoms with E-state index in [0.717, 1.165) is 0 Å². The summed E-state index contributed by atoms with van der Waals surface area (Å²) in [6.07, 6.45) is -1.83. The van der Waals surface area contributed by atoms with Crippen LogP contribution in [0.5, 0.6) is 11.9 Å². The molecule has 0 aliphatic rings. The quantitative estimate of drug-likeness (QED) is 0.872. The second-order valence-corrected chi connectivity index (χ2v) is 4.12. The van der Waals surface area contributed by atoms with Gasteiger partial charge in [0, 0.05) is 6.07 Å². The maximum Gasteiger partial charge on any atom is 0.408 e. The van der Waals surface area contributed by atoms with Crippen molar-refractivity contribution in [2.75, 3.05) is 0 Å². The largest absolute Gasteiger partial charge is 0.408 e. The minimum atomic E-state index is -4.39. The molecule has 2 aromatic heterocycles. The monoisotopic (exact) mass is 292 g/mol. The molecular formula is C10H8ClF3N4O. The second kappa shape index (κ2) is 5.04. The van der Waals surface area contributed by atoms with Crippen molar-refractivity contribution in [3.63, 3.8) is 0 Å². The molecule has 2 aromatic rings. The Bertz CT molecular complexity index is 567. The highest BCUT2D eigenvalue weighted by Gasteiger charge is 2.30. The van der Waals surface area contributed by atoms with Crippen molar-refractivity contribution in [3.05, 3.63) is 29.2 Å². The first-order valence-corrected chi connectivity index (χ1v) is 5.48. The highest BCUT2D eigenvalue weighted by Crippen LogP contribution is 2.24. The molecule has 0 aliphatic heterocycles. The Labute approximate surface area is 111 Å². The Kier molecular flexibility index (Phi) is 3.61. The average Bonchev–Trinajstić information content (AvgIpc) is 2.60. The standard InChI is InChI=1S/C10H8ClF3N4O/c1-6-2-8(18(17-6)5-10(12,13)14)19-9-15-3-7(11)4-16-9/h2-4H,5H2,1H3. The molecule has 0 bridgehead atoms. The van der Waals surface area contributed by atoms with Crippen molar-refractivity contribution in [2.45, 2.75) is 19.6 Å². The fraction of sp³-hybridized carbons (Fsp3) is 0.300. The topological polar surface area (TPSA) is 52.8 Å². The van der Waals surface area contributed by atoms with Gasteiger partial charge in [-0.2, -0.15) is 18.3 Å². The minimum absolute atomic E-state index is 0.0860. The van der Waals surface area contributed by atoms with E-state index < -0.39 is 12.7 Å². The summed E-state index contributed by atoms with van der Waals surface area (Å²) < 4.78 is 42.9. The van der Waals surface area contributed by atoms with Crippen LogP contribution in [0.15, 0.2) is 18.5 Å². The summed E-state index contributed by atoms with van der Waals surface area (Å²) in [5.74, 6) is -0.0860. The molecule has 0 N–H and O–H groups in total. The summed E-state index contributed by atoms with van der Waals surface area (Å²) in [4.78, 5) is 7.47. The third kappa shape index (κ3) is 3.82. The molecule has 19 heavy (non-hydrogen) atoms. The van der Waals surface area contributed by atoms with Crippen LogP contribution in [0.2, 0.25) is 5.02 Å². The maximum atomic E-state index is 12.4. The van der Waals surface area contributed by atoms with Crippen LogP contribution in [0.4, 0.5) is 13.2 Å². The van der Waals surface area contributed by atoms with E-state index in [-0.39, 0.29) is 11.9 Å². The highest BCUT2D eigenvalue weighted by molar-refractivity contribution is 6.30. The van der Waals surface area contributed by atoms with Gasteiger partial charge in [-0.05, 0) is 6.92 Å². The zero-order chi connectivity index (χ0) is 14.0. The third-order valence-electron chi connectivity index (χ3n) is 1.99. The Balaban J connectivity index is 2.22. The fourth-order valence-corrected chi connectivity index (χ4v) is 1.43. The molecule has 0 amide bonds. The molecule has 0 spiro atoms. The molecule has 0 atom stereocenters. The fourth-order valence-electron chi connectivity index (χ4n) is 1.33.